The van der Waals surface area contributed by atoms with Gasteiger partial charge in [-0.1, -0.05) is 18.2 Å². The van der Waals surface area contributed by atoms with Crippen LogP contribution in [0.3, 0.4) is 0 Å². The van der Waals surface area contributed by atoms with Crippen LogP contribution < -0.4 is 0 Å². The molecule has 0 aromatic heterocycles. The second-order valence-corrected chi connectivity index (χ2v) is 4.36. The van der Waals surface area contributed by atoms with E-state index < -0.39 is 17.3 Å². The number of hydrogen-bond donors (Lipinski definition) is 1. The topological polar surface area (TPSA) is 54.4 Å². The van der Waals surface area contributed by atoms with Crippen LogP contribution in [0.2, 0.25) is 0 Å². The summed E-state index contributed by atoms with van der Waals surface area (Å²) in [6, 6.07) is 5.40. The fraction of sp³-hybridized carbons (Fsp3) is 0.273. The van der Waals surface area contributed by atoms with Crippen molar-refractivity contribution in [3.05, 3.63) is 29.3 Å². The van der Waals surface area contributed by atoms with E-state index in [-0.39, 0.29) is 0 Å². The van der Waals surface area contributed by atoms with Crippen LogP contribution in [0, 0.1) is 13.8 Å². The Hall–Kier alpha value is -1.36. The van der Waals surface area contributed by atoms with Gasteiger partial charge < -0.3 is 5.11 Å². The quantitative estimate of drug-likeness (QED) is 0.653. The molecule has 0 amide bonds. The average Bonchev–Trinajstić information content (AvgIpc) is 2.22. The van der Waals surface area contributed by atoms with Crippen molar-refractivity contribution >= 4 is 22.8 Å². The lowest BCUT2D eigenvalue weighted by Gasteiger charge is -2.08. The number of alkyl halides is 1. The Morgan fingerprint density at radius 2 is 1.81 bits per heavy atom. The Morgan fingerprint density at radius 1 is 1.31 bits per heavy atom. The Labute approximate surface area is 96.7 Å². The van der Waals surface area contributed by atoms with Gasteiger partial charge >= 0.3 is 5.97 Å². The largest absolute Gasteiger partial charge is 0.479 e. The van der Waals surface area contributed by atoms with Gasteiger partial charge in [-0.15, -0.1) is 0 Å². The molecule has 0 saturated carbocycles. The molecule has 16 heavy (non-hydrogen) atoms. The summed E-state index contributed by atoms with van der Waals surface area (Å²) in [6.45, 7) is 3.58. The van der Waals surface area contributed by atoms with E-state index in [0.717, 1.165) is 11.1 Å². The third-order valence-electron chi connectivity index (χ3n) is 2.04. The highest BCUT2D eigenvalue weighted by molar-refractivity contribution is 8.14. The summed E-state index contributed by atoms with van der Waals surface area (Å²) in [5, 5.41) is 7.36. The second-order valence-electron chi connectivity index (χ2n) is 3.34. The molecule has 3 nitrogen and oxygen atoms in total. The highest BCUT2D eigenvalue weighted by atomic mass is 32.2. The molecule has 1 unspecified atom stereocenters. The molecule has 0 saturated heterocycles. The number of carboxylic acid groups (broad SMARTS) is 1. The van der Waals surface area contributed by atoms with Gasteiger partial charge in [-0.2, -0.15) is 0 Å². The summed E-state index contributed by atoms with van der Waals surface area (Å²) >= 11 is 0.639. The van der Waals surface area contributed by atoms with Crippen LogP contribution in [0.4, 0.5) is 4.39 Å². The molecule has 0 aliphatic carbocycles. The molecular formula is C11H11FO3S. The smallest absolute Gasteiger partial charge is 0.347 e. The Bertz CT molecular complexity index is 411. The minimum Gasteiger partial charge on any atom is -0.479 e. The number of carboxylic acids is 1. The van der Waals surface area contributed by atoms with Gasteiger partial charge in [-0.25, -0.2) is 9.18 Å². The summed E-state index contributed by atoms with van der Waals surface area (Å²) in [5.74, 6) is -1.75. The van der Waals surface area contributed by atoms with Gasteiger partial charge in [0.05, 0.1) is 0 Å². The number of benzene rings is 1. The van der Waals surface area contributed by atoms with Crippen LogP contribution in [-0.2, 0) is 9.59 Å². The number of aryl methyl sites for hydroxylation is 2. The lowest BCUT2D eigenvalue weighted by Crippen LogP contribution is -2.22. The third kappa shape index (κ3) is 2.82. The second kappa shape index (κ2) is 5.12. The van der Waals surface area contributed by atoms with Crippen molar-refractivity contribution in [3.63, 3.8) is 0 Å². The molecule has 0 aliphatic rings. The molecule has 1 rings (SSSR count). The molecule has 1 N–H and O–H groups in total. The van der Waals surface area contributed by atoms with Crippen LogP contribution in [0.15, 0.2) is 23.1 Å². The first-order chi connectivity index (χ1) is 7.43. The van der Waals surface area contributed by atoms with E-state index in [1.54, 1.807) is 26.0 Å². The van der Waals surface area contributed by atoms with E-state index >= 15 is 0 Å². The SMILES string of the molecule is Cc1cccc(C)c1SC(=O)C(F)C(=O)O. The summed E-state index contributed by atoms with van der Waals surface area (Å²) < 4.78 is 12.9. The van der Waals surface area contributed by atoms with Crippen molar-refractivity contribution < 1.29 is 19.1 Å². The van der Waals surface area contributed by atoms with Crippen molar-refractivity contribution in [1.82, 2.24) is 0 Å². The third-order valence-corrected chi connectivity index (χ3v) is 3.29. The molecule has 1 aromatic carbocycles. The van der Waals surface area contributed by atoms with Crippen LogP contribution in [0.25, 0.3) is 0 Å². The normalized spacial score (nSPS) is 12.2. The van der Waals surface area contributed by atoms with Gasteiger partial charge in [-0.3, -0.25) is 4.79 Å². The molecule has 86 valence electrons. The van der Waals surface area contributed by atoms with Crippen molar-refractivity contribution in [3.8, 4) is 0 Å². The zero-order chi connectivity index (χ0) is 12.3. The molecule has 0 spiro atoms. The lowest BCUT2D eigenvalue weighted by molar-refractivity contribution is -0.145. The summed E-state index contributed by atoms with van der Waals surface area (Å²) in [7, 11) is 0. The van der Waals surface area contributed by atoms with E-state index in [9.17, 15) is 14.0 Å². The highest BCUT2D eigenvalue weighted by Gasteiger charge is 2.26. The number of halogens is 1. The van der Waals surface area contributed by atoms with E-state index in [1.165, 1.54) is 0 Å². The minimum absolute atomic E-state index is 0.622. The van der Waals surface area contributed by atoms with Gasteiger partial charge in [0.2, 0.25) is 5.12 Å². The summed E-state index contributed by atoms with van der Waals surface area (Å²) in [4.78, 5) is 22.2. The lowest BCUT2D eigenvalue weighted by atomic mass is 10.2. The number of rotatable bonds is 3. The maximum Gasteiger partial charge on any atom is 0.347 e. The van der Waals surface area contributed by atoms with Gasteiger partial charge in [0.15, 0.2) is 0 Å². The van der Waals surface area contributed by atoms with Crippen LogP contribution >= 0.6 is 11.8 Å². The van der Waals surface area contributed by atoms with Crippen molar-refractivity contribution in [2.24, 2.45) is 0 Å². The fourth-order valence-electron chi connectivity index (χ4n) is 1.21. The number of carbonyl (C=O) groups is 2. The van der Waals surface area contributed by atoms with Gasteiger partial charge in [0.1, 0.15) is 0 Å². The van der Waals surface area contributed by atoms with E-state index in [2.05, 4.69) is 0 Å². The fourth-order valence-corrected chi connectivity index (χ4v) is 2.08. The molecule has 0 bridgehead atoms. The van der Waals surface area contributed by atoms with E-state index in [0.29, 0.717) is 16.7 Å². The molecule has 0 heterocycles. The zero-order valence-electron chi connectivity index (χ0n) is 8.86. The molecule has 0 aliphatic heterocycles. The maximum absolute atomic E-state index is 12.9. The molecule has 0 radical (unpaired) electrons. The molecule has 5 heteroatoms. The number of thioether (sulfide) groups is 1. The highest BCUT2D eigenvalue weighted by Crippen LogP contribution is 2.28. The predicted octanol–water partition coefficient (Wildman–Crippen LogP) is 2.34. The maximum atomic E-state index is 12.9. The van der Waals surface area contributed by atoms with Crippen molar-refractivity contribution in [2.75, 3.05) is 0 Å². The first kappa shape index (κ1) is 12.7. The minimum atomic E-state index is -2.47. The predicted molar refractivity (Wildman–Crippen MR) is 59.3 cm³/mol. The molecular weight excluding hydrogens is 231 g/mol. The zero-order valence-corrected chi connectivity index (χ0v) is 9.68. The van der Waals surface area contributed by atoms with Crippen molar-refractivity contribution in [2.45, 2.75) is 24.9 Å². The van der Waals surface area contributed by atoms with Crippen LogP contribution in [-0.4, -0.2) is 22.4 Å². The Kier molecular flexibility index (Phi) is 4.06. The van der Waals surface area contributed by atoms with Gasteiger partial charge in [-0.05, 0) is 36.7 Å². The van der Waals surface area contributed by atoms with E-state index in [4.69, 9.17) is 5.11 Å². The van der Waals surface area contributed by atoms with Crippen LogP contribution in [0.5, 0.6) is 0 Å². The standard InChI is InChI=1S/C11H11FO3S/c1-6-4-3-5-7(2)9(6)16-11(15)8(12)10(13)14/h3-5,8H,1-2H3,(H,13,14). The number of aliphatic carboxylic acids is 1. The molecule has 1 atom stereocenters. The first-order valence-corrected chi connectivity index (χ1v) is 5.40. The molecule has 1 aromatic rings. The average molecular weight is 242 g/mol. The van der Waals surface area contributed by atoms with Gasteiger partial charge in [0.25, 0.3) is 6.17 Å². The monoisotopic (exact) mass is 242 g/mol. The van der Waals surface area contributed by atoms with Crippen molar-refractivity contribution in [1.29, 1.82) is 0 Å². The Balaban J connectivity index is 2.89. The number of hydrogen-bond acceptors (Lipinski definition) is 3. The van der Waals surface area contributed by atoms with E-state index in [1.807, 2.05) is 6.07 Å². The summed E-state index contributed by atoms with van der Waals surface area (Å²) in [6.07, 6.45) is -2.47. The Morgan fingerprint density at radius 3 is 2.25 bits per heavy atom. The summed E-state index contributed by atoms with van der Waals surface area (Å²) in [5.41, 5.74) is 1.66. The molecule has 0 fully saturated rings. The number of carbonyl (C=O) groups excluding carboxylic acids is 1. The van der Waals surface area contributed by atoms with Crippen LogP contribution in [0.1, 0.15) is 11.1 Å². The first-order valence-electron chi connectivity index (χ1n) is 4.58. The van der Waals surface area contributed by atoms with Gasteiger partial charge in [0, 0.05) is 4.90 Å².